The van der Waals surface area contributed by atoms with E-state index in [9.17, 15) is 5.11 Å². The third-order valence-electron chi connectivity index (χ3n) is 0.771. The molecule has 1 radical (unpaired) electrons. The van der Waals surface area contributed by atoms with Gasteiger partial charge in [0.05, 0.1) is 4.34 Å². The van der Waals surface area contributed by atoms with Gasteiger partial charge in [0.15, 0.2) is 0 Å². The largest absolute Gasteiger partial charge is 0.231 e. The smallest absolute Gasteiger partial charge is 0.116 e. The molecule has 43 valence electrons. The number of rotatable bonds is 1. The van der Waals surface area contributed by atoms with Crippen molar-refractivity contribution < 1.29 is 5.11 Å². The Bertz CT molecular complexity index is 173. The number of hydrogen-bond acceptors (Lipinski definition) is 1. The van der Waals surface area contributed by atoms with Gasteiger partial charge in [0.2, 0.25) is 0 Å². The van der Waals surface area contributed by atoms with Crippen LogP contribution in [0.4, 0.5) is 0 Å². The van der Waals surface area contributed by atoms with Crippen LogP contribution in [0.15, 0.2) is 12.1 Å². The molecule has 0 unspecified atom stereocenters. The highest BCUT2D eigenvalue weighted by molar-refractivity contribution is 7.16. The van der Waals surface area contributed by atoms with Crippen LogP contribution in [0.5, 0.6) is 0 Å². The minimum absolute atomic E-state index is 0.155. The van der Waals surface area contributed by atoms with Crippen molar-refractivity contribution in [1.29, 1.82) is 0 Å². The molecule has 0 aliphatic heterocycles. The van der Waals surface area contributed by atoms with Gasteiger partial charge in [-0.3, -0.25) is 0 Å². The summed E-state index contributed by atoms with van der Waals surface area (Å²) in [7, 11) is 0. The van der Waals surface area contributed by atoms with Crippen molar-refractivity contribution in [2.45, 2.75) is 6.61 Å². The van der Waals surface area contributed by atoms with Gasteiger partial charge in [0.1, 0.15) is 6.61 Å². The van der Waals surface area contributed by atoms with Gasteiger partial charge in [0, 0.05) is 4.88 Å². The number of halogens is 1. The molecule has 0 atom stereocenters. The first-order chi connectivity index (χ1) is 3.83. The fraction of sp³-hybridized carbons (Fsp3) is 0.200. The summed E-state index contributed by atoms with van der Waals surface area (Å²) in [5.41, 5.74) is 0. The molecule has 1 rings (SSSR count). The molecular weight excluding hydrogens is 144 g/mol. The first kappa shape index (κ1) is 6.08. The topological polar surface area (TPSA) is 19.9 Å². The maximum Gasteiger partial charge on any atom is 0.116 e. The summed E-state index contributed by atoms with van der Waals surface area (Å²) in [6.45, 7) is -0.155. The Morgan fingerprint density at radius 1 is 1.62 bits per heavy atom. The molecule has 1 nitrogen and oxygen atoms in total. The molecule has 1 aromatic rings. The van der Waals surface area contributed by atoms with Crippen LogP contribution in [0.25, 0.3) is 0 Å². The molecular formula is C5H4ClOS. The van der Waals surface area contributed by atoms with E-state index in [0.29, 0.717) is 4.34 Å². The second-order valence-electron chi connectivity index (χ2n) is 1.35. The third kappa shape index (κ3) is 1.22. The van der Waals surface area contributed by atoms with Crippen LogP contribution in [0.1, 0.15) is 4.88 Å². The SMILES string of the molecule is [O]Cc1ccc(Cl)s1. The van der Waals surface area contributed by atoms with Crippen molar-refractivity contribution in [2.75, 3.05) is 0 Å². The van der Waals surface area contributed by atoms with Gasteiger partial charge in [-0.15, -0.1) is 11.3 Å². The lowest BCUT2D eigenvalue weighted by Crippen LogP contribution is -1.66. The molecule has 3 heteroatoms. The second-order valence-corrected chi connectivity index (χ2v) is 3.15. The first-order valence-electron chi connectivity index (χ1n) is 2.15. The Morgan fingerprint density at radius 3 is 2.62 bits per heavy atom. The average Bonchev–Trinajstić information content (AvgIpc) is 2.14. The molecule has 0 aliphatic rings. The molecule has 1 heterocycles. The maximum atomic E-state index is 10.1. The predicted molar refractivity (Wildman–Crippen MR) is 33.7 cm³/mol. The van der Waals surface area contributed by atoms with Gasteiger partial charge >= 0.3 is 0 Å². The highest BCUT2D eigenvalue weighted by Gasteiger charge is 1.93. The fourth-order valence-corrected chi connectivity index (χ4v) is 1.37. The summed E-state index contributed by atoms with van der Waals surface area (Å²) < 4.78 is 0.691. The summed E-state index contributed by atoms with van der Waals surface area (Å²) in [5, 5.41) is 10.1. The standard InChI is InChI=1S/C5H4ClOS/c6-5-2-1-4(3-7)8-5/h1-2H,3H2. The predicted octanol–water partition coefficient (Wildman–Crippen LogP) is 2.33. The Balaban J connectivity index is 2.84. The Morgan fingerprint density at radius 2 is 2.38 bits per heavy atom. The van der Waals surface area contributed by atoms with E-state index in [-0.39, 0.29) is 6.61 Å². The number of thiophene rings is 1. The van der Waals surface area contributed by atoms with Crippen LogP contribution < -0.4 is 0 Å². The lowest BCUT2D eigenvalue weighted by molar-refractivity contribution is 0.180. The summed E-state index contributed by atoms with van der Waals surface area (Å²) >= 11 is 6.86. The van der Waals surface area contributed by atoms with E-state index in [1.54, 1.807) is 12.1 Å². The lowest BCUT2D eigenvalue weighted by atomic mass is 10.5. The van der Waals surface area contributed by atoms with E-state index in [1.807, 2.05) is 0 Å². The van der Waals surface area contributed by atoms with Crippen LogP contribution in [0.3, 0.4) is 0 Å². The zero-order valence-electron chi connectivity index (χ0n) is 4.06. The van der Waals surface area contributed by atoms with Crippen molar-refractivity contribution in [3.05, 3.63) is 21.3 Å². The monoisotopic (exact) mass is 147 g/mol. The van der Waals surface area contributed by atoms with E-state index in [1.165, 1.54) is 11.3 Å². The van der Waals surface area contributed by atoms with Crippen LogP contribution in [0.2, 0.25) is 4.34 Å². The van der Waals surface area contributed by atoms with Gasteiger partial charge in [-0.25, -0.2) is 5.11 Å². The van der Waals surface area contributed by atoms with Crippen LogP contribution in [-0.4, -0.2) is 0 Å². The first-order valence-corrected chi connectivity index (χ1v) is 3.34. The average molecular weight is 148 g/mol. The van der Waals surface area contributed by atoms with Crippen molar-refractivity contribution in [1.82, 2.24) is 0 Å². The van der Waals surface area contributed by atoms with Crippen LogP contribution >= 0.6 is 22.9 Å². The quantitative estimate of drug-likeness (QED) is 0.581. The normalized spacial score (nSPS) is 9.75. The molecule has 1 aromatic heterocycles. The van der Waals surface area contributed by atoms with Crippen molar-refractivity contribution >= 4 is 22.9 Å². The van der Waals surface area contributed by atoms with E-state index in [2.05, 4.69) is 0 Å². The van der Waals surface area contributed by atoms with Crippen molar-refractivity contribution in [3.63, 3.8) is 0 Å². The Kier molecular flexibility index (Phi) is 1.89. The van der Waals surface area contributed by atoms with Gasteiger partial charge < -0.3 is 0 Å². The molecule has 0 bridgehead atoms. The highest BCUT2D eigenvalue weighted by Crippen LogP contribution is 2.20. The molecule has 0 fully saturated rings. The Hall–Kier alpha value is -0.0500. The molecule has 0 amide bonds. The van der Waals surface area contributed by atoms with E-state index in [4.69, 9.17) is 11.6 Å². The minimum Gasteiger partial charge on any atom is -0.231 e. The zero-order chi connectivity index (χ0) is 5.98. The van der Waals surface area contributed by atoms with Crippen LogP contribution in [-0.2, 0) is 11.7 Å². The Labute approximate surface area is 56.5 Å². The van der Waals surface area contributed by atoms with Crippen LogP contribution in [0, 0.1) is 0 Å². The van der Waals surface area contributed by atoms with Crippen molar-refractivity contribution in [2.24, 2.45) is 0 Å². The van der Waals surface area contributed by atoms with E-state index >= 15 is 0 Å². The zero-order valence-corrected chi connectivity index (χ0v) is 5.63. The summed E-state index contributed by atoms with van der Waals surface area (Å²) in [4.78, 5) is 0.801. The van der Waals surface area contributed by atoms with Gasteiger partial charge in [-0.2, -0.15) is 0 Å². The summed E-state index contributed by atoms with van der Waals surface area (Å²) in [5.74, 6) is 0. The van der Waals surface area contributed by atoms with Gasteiger partial charge in [-0.05, 0) is 12.1 Å². The van der Waals surface area contributed by atoms with E-state index in [0.717, 1.165) is 4.88 Å². The fourth-order valence-electron chi connectivity index (χ4n) is 0.429. The minimum atomic E-state index is -0.155. The van der Waals surface area contributed by atoms with Gasteiger partial charge in [-0.1, -0.05) is 11.6 Å². The molecule has 0 saturated heterocycles. The summed E-state index contributed by atoms with van der Waals surface area (Å²) in [6.07, 6.45) is 0. The maximum absolute atomic E-state index is 10.1. The molecule has 0 saturated carbocycles. The molecule has 0 aliphatic carbocycles. The van der Waals surface area contributed by atoms with E-state index < -0.39 is 0 Å². The van der Waals surface area contributed by atoms with Crippen molar-refractivity contribution in [3.8, 4) is 0 Å². The molecule has 8 heavy (non-hydrogen) atoms. The second kappa shape index (κ2) is 2.49. The lowest BCUT2D eigenvalue weighted by Gasteiger charge is -1.76. The molecule has 0 spiro atoms. The summed E-state index contributed by atoms with van der Waals surface area (Å²) in [6, 6.07) is 3.49. The number of hydrogen-bond donors (Lipinski definition) is 0. The highest BCUT2D eigenvalue weighted by atomic mass is 35.5. The van der Waals surface area contributed by atoms with Gasteiger partial charge in [0.25, 0.3) is 0 Å². The molecule has 0 aromatic carbocycles. The third-order valence-corrected chi connectivity index (χ3v) is 1.98. The molecule has 0 N–H and O–H groups in total.